The number of hydrogen-bond donors (Lipinski definition) is 1. The van der Waals surface area contributed by atoms with Gasteiger partial charge in [0.2, 0.25) is 0 Å². The largest absolute Gasteiger partial charge is 0.445 e. The summed E-state index contributed by atoms with van der Waals surface area (Å²) in [6.07, 6.45) is -0.449. The Morgan fingerprint density at radius 2 is 1.58 bits per heavy atom. The van der Waals surface area contributed by atoms with E-state index in [9.17, 15) is 13.8 Å². The van der Waals surface area contributed by atoms with Crippen molar-refractivity contribution in [3.63, 3.8) is 0 Å². The van der Waals surface area contributed by atoms with Gasteiger partial charge in [0.15, 0.2) is 0 Å². The van der Waals surface area contributed by atoms with Crippen LogP contribution in [0.1, 0.15) is 12.0 Å². The van der Waals surface area contributed by atoms with Crippen molar-refractivity contribution in [1.29, 1.82) is 0 Å². The van der Waals surface area contributed by atoms with Crippen LogP contribution in [-0.2, 0) is 26.9 Å². The van der Waals surface area contributed by atoms with Crippen molar-refractivity contribution in [2.75, 3.05) is 12.3 Å². The molecule has 0 aliphatic rings. The summed E-state index contributed by atoms with van der Waals surface area (Å²) in [6.45, 7) is 0.344. The fraction of sp³-hybridized carbons (Fsp3) is 0.222. The van der Waals surface area contributed by atoms with E-state index in [4.69, 9.17) is 4.74 Å². The zero-order valence-corrected chi connectivity index (χ0v) is 14.0. The van der Waals surface area contributed by atoms with Crippen LogP contribution in [0, 0.1) is 0 Å². The van der Waals surface area contributed by atoms with Crippen LogP contribution in [0.5, 0.6) is 0 Å². The summed E-state index contributed by atoms with van der Waals surface area (Å²) in [5.41, 5.74) is 0.891. The number of hydrogen-bond acceptors (Lipinski definition) is 4. The van der Waals surface area contributed by atoms with Gasteiger partial charge in [-0.1, -0.05) is 48.5 Å². The molecule has 0 spiro atoms. The molecule has 2 aromatic rings. The topological polar surface area (TPSA) is 72.5 Å². The molecule has 0 aromatic heterocycles. The highest BCUT2D eigenvalue weighted by molar-refractivity contribution is 7.85. The number of ketones is 1. The van der Waals surface area contributed by atoms with Gasteiger partial charge in [-0.3, -0.25) is 9.00 Å². The molecule has 0 radical (unpaired) electrons. The van der Waals surface area contributed by atoms with Gasteiger partial charge in [0, 0.05) is 17.9 Å². The van der Waals surface area contributed by atoms with Crippen LogP contribution in [0.15, 0.2) is 65.6 Å². The molecule has 24 heavy (non-hydrogen) atoms. The SMILES string of the molecule is O=C(CCNC(=O)OCc1ccccc1)CS(=O)c1ccccc1. The Hall–Kier alpha value is -2.47. The van der Waals surface area contributed by atoms with Crippen molar-refractivity contribution in [3.8, 4) is 0 Å². The predicted octanol–water partition coefficient (Wildman–Crippen LogP) is 2.68. The Balaban J connectivity index is 1.63. The number of amides is 1. The van der Waals surface area contributed by atoms with Crippen LogP contribution in [0.2, 0.25) is 0 Å². The van der Waals surface area contributed by atoms with Gasteiger partial charge in [0.25, 0.3) is 0 Å². The van der Waals surface area contributed by atoms with Gasteiger partial charge in [-0.2, -0.15) is 0 Å². The molecule has 6 heteroatoms. The fourth-order valence-electron chi connectivity index (χ4n) is 1.95. The number of benzene rings is 2. The maximum absolute atomic E-state index is 12.0. The molecule has 0 saturated carbocycles. The third-order valence-corrected chi connectivity index (χ3v) is 4.57. The van der Waals surface area contributed by atoms with Crippen molar-refractivity contribution in [3.05, 3.63) is 66.2 Å². The van der Waals surface area contributed by atoms with E-state index in [-0.39, 0.29) is 31.1 Å². The first-order valence-electron chi connectivity index (χ1n) is 7.55. The lowest BCUT2D eigenvalue weighted by atomic mass is 10.2. The molecule has 0 aliphatic carbocycles. The first-order valence-corrected chi connectivity index (χ1v) is 8.87. The molecule has 0 aliphatic heterocycles. The Bertz CT molecular complexity index is 689. The standard InChI is InChI=1S/C18H19NO4S/c20-16(14-24(22)17-9-5-2-6-10-17)11-12-19-18(21)23-13-15-7-3-1-4-8-15/h1-10H,11-14H2,(H,19,21). The Kier molecular flexibility index (Phi) is 7.17. The number of nitrogens with one attached hydrogen (secondary N) is 1. The zero-order chi connectivity index (χ0) is 17.2. The molecule has 0 fully saturated rings. The molecule has 2 rings (SSSR count). The molecule has 1 unspecified atom stereocenters. The lowest BCUT2D eigenvalue weighted by Gasteiger charge is -2.07. The molecule has 126 valence electrons. The Labute approximate surface area is 143 Å². The molecular weight excluding hydrogens is 326 g/mol. The van der Waals surface area contributed by atoms with Gasteiger partial charge < -0.3 is 10.1 Å². The summed E-state index contributed by atoms with van der Waals surface area (Å²) in [6, 6.07) is 18.2. The monoisotopic (exact) mass is 345 g/mol. The van der Waals surface area contributed by atoms with Crippen LogP contribution in [0.3, 0.4) is 0 Å². The van der Waals surface area contributed by atoms with E-state index < -0.39 is 16.9 Å². The Morgan fingerprint density at radius 1 is 0.958 bits per heavy atom. The third-order valence-electron chi connectivity index (χ3n) is 3.18. The van der Waals surface area contributed by atoms with Gasteiger partial charge >= 0.3 is 6.09 Å². The molecule has 0 saturated heterocycles. The first-order chi connectivity index (χ1) is 11.6. The minimum Gasteiger partial charge on any atom is -0.445 e. The summed E-state index contributed by atoms with van der Waals surface area (Å²) in [4.78, 5) is 24.0. The summed E-state index contributed by atoms with van der Waals surface area (Å²) < 4.78 is 17.0. The smallest absolute Gasteiger partial charge is 0.407 e. The molecular formula is C18H19NO4S. The average Bonchev–Trinajstić information content (AvgIpc) is 2.61. The van der Waals surface area contributed by atoms with Crippen LogP contribution in [0.25, 0.3) is 0 Å². The normalized spacial score (nSPS) is 11.5. The van der Waals surface area contributed by atoms with E-state index >= 15 is 0 Å². The van der Waals surface area contributed by atoms with Crippen molar-refractivity contribution in [2.45, 2.75) is 17.9 Å². The van der Waals surface area contributed by atoms with Gasteiger partial charge in [-0.25, -0.2) is 4.79 Å². The minimum atomic E-state index is -1.35. The number of carbonyl (C=O) groups is 2. The van der Waals surface area contributed by atoms with Crippen LogP contribution < -0.4 is 5.32 Å². The number of ether oxygens (including phenoxy) is 1. The average molecular weight is 345 g/mol. The van der Waals surface area contributed by atoms with E-state index in [1.54, 1.807) is 24.3 Å². The molecule has 1 N–H and O–H groups in total. The van der Waals surface area contributed by atoms with Crippen molar-refractivity contribution in [1.82, 2.24) is 5.32 Å². The number of alkyl carbamates (subject to hydrolysis) is 1. The van der Waals surface area contributed by atoms with Crippen molar-refractivity contribution in [2.24, 2.45) is 0 Å². The van der Waals surface area contributed by atoms with Crippen LogP contribution in [-0.4, -0.2) is 28.4 Å². The maximum Gasteiger partial charge on any atom is 0.407 e. The van der Waals surface area contributed by atoms with Crippen molar-refractivity contribution < 1.29 is 18.5 Å². The van der Waals surface area contributed by atoms with E-state index in [1.807, 2.05) is 36.4 Å². The number of rotatable bonds is 8. The fourth-order valence-corrected chi connectivity index (χ4v) is 3.02. The minimum absolute atomic E-state index is 0.0508. The predicted molar refractivity (Wildman–Crippen MR) is 92.0 cm³/mol. The first kappa shape index (κ1) is 17.9. The molecule has 5 nitrogen and oxygen atoms in total. The Morgan fingerprint density at radius 3 is 2.25 bits per heavy atom. The molecule has 1 amide bonds. The van der Waals surface area contributed by atoms with E-state index in [0.717, 1.165) is 5.56 Å². The number of Topliss-reactive ketones (excluding diaryl/α,β-unsaturated/α-hetero) is 1. The van der Waals surface area contributed by atoms with E-state index in [2.05, 4.69) is 5.32 Å². The third kappa shape index (κ3) is 6.34. The number of carbonyl (C=O) groups excluding carboxylic acids is 2. The van der Waals surface area contributed by atoms with Crippen LogP contribution >= 0.6 is 0 Å². The molecule has 2 aromatic carbocycles. The lowest BCUT2D eigenvalue weighted by molar-refractivity contribution is -0.116. The van der Waals surface area contributed by atoms with Gasteiger partial charge in [-0.05, 0) is 17.7 Å². The van der Waals surface area contributed by atoms with Gasteiger partial charge in [0.1, 0.15) is 12.4 Å². The second kappa shape index (κ2) is 9.62. The van der Waals surface area contributed by atoms with Gasteiger partial charge in [0.05, 0.1) is 16.6 Å². The summed E-state index contributed by atoms with van der Waals surface area (Å²) >= 11 is 0. The quantitative estimate of drug-likeness (QED) is 0.798. The highest BCUT2D eigenvalue weighted by Crippen LogP contribution is 2.06. The van der Waals surface area contributed by atoms with Crippen molar-refractivity contribution >= 4 is 22.7 Å². The second-order valence-electron chi connectivity index (χ2n) is 5.08. The molecule has 0 heterocycles. The van der Waals surface area contributed by atoms with Gasteiger partial charge in [-0.15, -0.1) is 0 Å². The summed E-state index contributed by atoms with van der Waals surface area (Å²) in [5.74, 6) is -0.217. The van der Waals surface area contributed by atoms with E-state index in [1.165, 1.54) is 0 Å². The molecule has 1 atom stereocenters. The lowest BCUT2D eigenvalue weighted by Crippen LogP contribution is -2.27. The highest BCUT2D eigenvalue weighted by Gasteiger charge is 2.10. The molecule has 0 bridgehead atoms. The second-order valence-corrected chi connectivity index (χ2v) is 6.53. The summed E-state index contributed by atoms with van der Waals surface area (Å²) in [5, 5.41) is 2.52. The zero-order valence-electron chi connectivity index (χ0n) is 13.1. The van der Waals surface area contributed by atoms with Crippen LogP contribution in [0.4, 0.5) is 4.79 Å². The highest BCUT2D eigenvalue weighted by atomic mass is 32.2. The van der Waals surface area contributed by atoms with E-state index in [0.29, 0.717) is 4.90 Å². The summed E-state index contributed by atoms with van der Waals surface area (Å²) in [7, 11) is -1.35. The maximum atomic E-state index is 12.0.